The molecular weight excluding hydrogens is 276 g/mol. The highest BCUT2D eigenvalue weighted by molar-refractivity contribution is 6.36. The van der Waals surface area contributed by atoms with Crippen molar-refractivity contribution in [3.05, 3.63) is 33.8 Å². The lowest BCUT2D eigenvalue weighted by molar-refractivity contribution is 0.0334. The number of methoxy groups -OCH3 is 1. The molecule has 102 valence electrons. The van der Waals surface area contributed by atoms with Gasteiger partial charge >= 0.3 is 0 Å². The molecule has 0 amide bonds. The molecule has 1 aromatic rings. The Morgan fingerprint density at radius 1 is 1.33 bits per heavy atom. The molecule has 0 radical (unpaired) electrons. The number of nitrogens with two attached hydrogens (primary N) is 1. The van der Waals surface area contributed by atoms with Gasteiger partial charge in [-0.05, 0) is 37.1 Å². The zero-order chi connectivity index (χ0) is 13.6. The second-order valence-electron chi connectivity index (χ2n) is 4.35. The second-order valence-corrected chi connectivity index (χ2v) is 5.17. The van der Waals surface area contributed by atoms with Crippen molar-refractivity contribution in [3.63, 3.8) is 0 Å². The largest absolute Gasteiger partial charge is 0.381 e. The molecule has 2 nitrogen and oxygen atoms in total. The molecule has 0 bridgehead atoms. The molecule has 1 unspecified atom stereocenters. The standard InChI is InChI=1S/C13H18Cl2FNO/c1-18-9-13(16,6-3-7-17)8-10-11(14)4-2-5-12(10)15/h2,4-5H,3,6-9,17H2,1H3. The van der Waals surface area contributed by atoms with Crippen LogP contribution in [0.25, 0.3) is 0 Å². The van der Waals surface area contributed by atoms with Crippen molar-refractivity contribution < 1.29 is 9.13 Å². The molecule has 18 heavy (non-hydrogen) atoms. The van der Waals surface area contributed by atoms with Crippen LogP contribution < -0.4 is 5.73 Å². The summed E-state index contributed by atoms with van der Waals surface area (Å²) in [7, 11) is 1.48. The SMILES string of the molecule is COCC(F)(CCCN)Cc1c(Cl)cccc1Cl. The van der Waals surface area contributed by atoms with Gasteiger partial charge in [0.25, 0.3) is 0 Å². The Hall–Kier alpha value is -0.350. The first kappa shape index (κ1) is 15.7. The summed E-state index contributed by atoms with van der Waals surface area (Å²) < 4.78 is 19.7. The van der Waals surface area contributed by atoms with Gasteiger partial charge < -0.3 is 10.5 Å². The first-order valence-corrected chi connectivity index (χ1v) is 6.59. The topological polar surface area (TPSA) is 35.2 Å². The summed E-state index contributed by atoms with van der Waals surface area (Å²) in [6, 6.07) is 5.15. The van der Waals surface area contributed by atoms with E-state index in [1.807, 2.05) is 0 Å². The van der Waals surface area contributed by atoms with Crippen LogP contribution in [0.2, 0.25) is 10.0 Å². The lowest BCUT2D eigenvalue weighted by Crippen LogP contribution is -2.32. The fraction of sp³-hybridized carbons (Fsp3) is 0.538. The van der Waals surface area contributed by atoms with E-state index >= 15 is 0 Å². The van der Waals surface area contributed by atoms with Gasteiger partial charge in [0.1, 0.15) is 5.67 Å². The normalized spacial score (nSPS) is 14.5. The van der Waals surface area contributed by atoms with Crippen LogP contribution in [0.4, 0.5) is 4.39 Å². The number of hydrogen-bond donors (Lipinski definition) is 1. The zero-order valence-corrected chi connectivity index (χ0v) is 11.9. The van der Waals surface area contributed by atoms with Crippen molar-refractivity contribution in [2.75, 3.05) is 20.3 Å². The Morgan fingerprint density at radius 2 is 1.94 bits per heavy atom. The summed E-state index contributed by atoms with van der Waals surface area (Å²) in [6.07, 6.45) is 1.07. The number of ether oxygens (including phenoxy) is 1. The third-order valence-electron chi connectivity index (χ3n) is 2.79. The lowest BCUT2D eigenvalue weighted by Gasteiger charge is -2.25. The fourth-order valence-electron chi connectivity index (χ4n) is 1.91. The van der Waals surface area contributed by atoms with Crippen molar-refractivity contribution >= 4 is 23.2 Å². The molecule has 1 aromatic carbocycles. The number of benzene rings is 1. The van der Waals surface area contributed by atoms with Crippen LogP contribution >= 0.6 is 23.2 Å². The molecular formula is C13H18Cl2FNO. The van der Waals surface area contributed by atoms with Crippen LogP contribution in [-0.2, 0) is 11.2 Å². The van der Waals surface area contributed by atoms with E-state index in [0.717, 1.165) is 0 Å². The number of halogens is 3. The Kier molecular flexibility index (Phi) is 6.36. The Bertz CT molecular complexity index is 369. The average Bonchev–Trinajstić information content (AvgIpc) is 2.32. The minimum Gasteiger partial charge on any atom is -0.381 e. The van der Waals surface area contributed by atoms with Crippen molar-refractivity contribution in [1.82, 2.24) is 0 Å². The van der Waals surface area contributed by atoms with E-state index < -0.39 is 5.67 Å². The molecule has 0 saturated carbocycles. The van der Waals surface area contributed by atoms with E-state index in [2.05, 4.69) is 0 Å². The molecule has 0 spiro atoms. The maximum absolute atomic E-state index is 14.7. The van der Waals surface area contributed by atoms with Crippen LogP contribution in [0.5, 0.6) is 0 Å². The molecule has 2 N–H and O–H groups in total. The summed E-state index contributed by atoms with van der Waals surface area (Å²) in [4.78, 5) is 0. The van der Waals surface area contributed by atoms with Gasteiger partial charge in [-0.3, -0.25) is 0 Å². The highest BCUT2D eigenvalue weighted by Crippen LogP contribution is 2.32. The smallest absolute Gasteiger partial charge is 0.138 e. The minimum atomic E-state index is -1.48. The van der Waals surface area contributed by atoms with Gasteiger partial charge in [-0.15, -0.1) is 0 Å². The zero-order valence-electron chi connectivity index (χ0n) is 10.4. The van der Waals surface area contributed by atoms with Gasteiger partial charge in [0, 0.05) is 23.6 Å². The van der Waals surface area contributed by atoms with E-state index in [0.29, 0.717) is 35.0 Å². The van der Waals surface area contributed by atoms with E-state index in [-0.39, 0.29) is 13.0 Å². The number of hydrogen-bond acceptors (Lipinski definition) is 2. The molecule has 0 aliphatic carbocycles. The molecule has 5 heteroatoms. The monoisotopic (exact) mass is 293 g/mol. The van der Waals surface area contributed by atoms with Crippen molar-refractivity contribution in [1.29, 1.82) is 0 Å². The van der Waals surface area contributed by atoms with Crippen LogP contribution in [0.1, 0.15) is 18.4 Å². The molecule has 1 atom stereocenters. The molecule has 0 heterocycles. The van der Waals surface area contributed by atoms with Crippen LogP contribution in [0.15, 0.2) is 18.2 Å². The first-order valence-electron chi connectivity index (χ1n) is 5.83. The van der Waals surface area contributed by atoms with Crippen molar-refractivity contribution in [2.24, 2.45) is 5.73 Å². The summed E-state index contributed by atoms with van der Waals surface area (Å²) in [6.45, 7) is 0.459. The van der Waals surface area contributed by atoms with E-state index in [4.69, 9.17) is 33.7 Å². The summed E-state index contributed by atoms with van der Waals surface area (Å²) in [5.41, 5.74) is 4.56. The number of rotatable bonds is 7. The molecule has 0 aromatic heterocycles. The van der Waals surface area contributed by atoms with E-state index in [1.54, 1.807) is 18.2 Å². The van der Waals surface area contributed by atoms with Gasteiger partial charge in [-0.1, -0.05) is 29.3 Å². The fourth-order valence-corrected chi connectivity index (χ4v) is 2.44. The molecule has 0 aliphatic rings. The van der Waals surface area contributed by atoms with Gasteiger partial charge in [-0.25, -0.2) is 4.39 Å². The lowest BCUT2D eigenvalue weighted by atomic mass is 9.92. The Morgan fingerprint density at radius 3 is 2.44 bits per heavy atom. The minimum absolute atomic E-state index is 0.00848. The van der Waals surface area contributed by atoms with Crippen LogP contribution in [0.3, 0.4) is 0 Å². The summed E-state index contributed by atoms with van der Waals surface area (Å²) >= 11 is 12.1. The second kappa shape index (κ2) is 7.29. The molecule has 1 rings (SSSR count). The highest BCUT2D eigenvalue weighted by atomic mass is 35.5. The maximum Gasteiger partial charge on any atom is 0.138 e. The third kappa shape index (κ3) is 4.39. The molecule has 0 fully saturated rings. The molecule has 0 saturated heterocycles. The van der Waals surface area contributed by atoms with Crippen molar-refractivity contribution in [2.45, 2.75) is 24.9 Å². The maximum atomic E-state index is 14.7. The number of alkyl halides is 1. The van der Waals surface area contributed by atoms with Crippen LogP contribution in [-0.4, -0.2) is 25.9 Å². The van der Waals surface area contributed by atoms with Crippen molar-refractivity contribution in [3.8, 4) is 0 Å². The average molecular weight is 294 g/mol. The van der Waals surface area contributed by atoms with Gasteiger partial charge in [0.2, 0.25) is 0 Å². The highest BCUT2D eigenvalue weighted by Gasteiger charge is 2.31. The third-order valence-corrected chi connectivity index (χ3v) is 3.50. The Balaban J connectivity index is 2.88. The van der Waals surface area contributed by atoms with Gasteiger partial charge in [0.15, 0.2) is 0 Å². The predicted octanol–water partition coefficient (Wildman–Crippen LogP) is 3.63. The van der Waals surface area contributed by atoms with Crippen LogP contribution in [0, 0.1) is 0 Å². The van der Waals surface area contributed by atoms with Gasteiger partial charge in [0.05, 0.1) is 6.61 Å². The molecule has 0 aliphatic heterocycles. The van der Waals surface area contributed by atoms with E-state index in [9.17, 15) is 4.39 Å². The summed E-state index contributed by atoms with van der Waals surface area (Å²) in [5.74, 6) is 0. The Labute approximate surface area is 117 Å². The first-order chi connectivity index (χ1) is 8.52. The van der Waals surface area contributed by atoms with E-state index in [1.165, 1.54) is 7.11 Å². The quantitative estimate of drug-likeness (QED) is 0.833. The predicted molar refractivity (Wildman–Crippen MR) is 74.2 cm³/mol. The van der Waals surface area contributed by atoms with Gasteiger partial charge in [-0.2, -0.15) is 0 Å². The summed E-state index contributed by atoms with van der Waals surface area (Å²) in [5, 5.41) is 0.960.